The van der Waals surface area contributed by atoms with Crippen LogP contribution in [-0.4, -0.2) is 13.2 Å². The second-order valence-electron chi connectivity index (χ2n) is 0.853. The molecule has 0 amide bonds. The molecule has 0 aliphatic rings. The van der Waals surface area contributed by atoms with Gasteiger partial charge in [-0.3, -0.25) is 0 Å². The molecule has 0 aromatic heterocycles. The molecule has 0 saturated carbocycles. The first-order valence-electron chi connectivity index (χ1n) is 2.37. The molecule has 0 aliphatic heterocycles. The van der Waals surface area contributed by atoms with Crippen molar-refractivity contribution < 1.29 is 4.74 Å². The lowest BCUT2D eigenvalue weighted by molar-refractivity contribution is 0.162. The number of hydrogen-bond acceptors (Lipinski definition) is 1. The van der Waals surface area contributed by atoms with Crippen LogP contribution in [0.1, 0.15) is 13.8 Å². The van der Waals surface area contributed by atoms with Crippen LogP contribution >= 0.6 is 29.8 Å². The van der Waals surface area contributed by atoms with E-state index in [1.165, 1.54) is 0 Å². The summed E-state index contributed by atoms with van der Waals surface area (Å²) in [6.45, 7) is 5.67. The number of hydrogen-bond donors (Lipinski definition) is 0. The summed E-state index contributed by atoms with van der Waals surface area (Å²) in [5.41, 5.74) is 0. The first-order valence-corrected chi connectivity index (χ1v) is 5.39. The van der Waals surface area contributed by atoms with Crippen molar-refractivity contribution >= 4 is 29.8 Å². The van der Waals surface area contributed by atoms with E-state index in [-0.39, 0.29) is 7.29 Å². The van der Waals surface area contributed by atoms with Crippen LogP contribution in [0.3, 0.4) is 0 Å². The third-order valence-corrected chi connectivity index (χ3v) is 0.408. The summed E-state index contributed by atoms with van der Waals surface area (Å²) in [7, 11) is 0.0278. The summed E-state index contributed by atoms with van der Waals surface area (Å²) in [6.07, 6.45) is 0. The van der Waals surface area contributed by atoms with Crippen LogP contribution in [0.5, 0.6) is 0 Å². The summed E-state index contributed by atoms with van der Waals surface area (Å²) in [5, 5.41) is 0. The predicted octanol–water partition coefficient (Wildman–Crippen LogP) is 3.02. The minimum absolute atomic E-state index is 0.0278. The van der Waals surface area contributed by atoms with Gasteiger partial charge in [0.1, 0.15) is 0 Å². The third kappa shape index (κ3) is 28.2. The molecule has 0 fully saturated rings. The van der Waals surface area contributed by atoms with Gasteiger partial charge in [0.05, 0.1) is 7.29 Å². The lowest BCUT2D eigenvalue weighted by atomic mass is 10.8. The molecule has 0 aliphatic carbocycles. The van der Waals surface area contributed by atoms with Gasteiger partial charge in [-0.2, -0.15) is 0 Å². The maximum Gasteiger partial charge on any atom is 0.0713 e. The Labute approximate surface area is 62.1 Å². The molecule has 0 aromatic rings. The second-order valence-corrected chi connectivity index (χ2v) is 2.71. The molecule has 0 bridgehead atoms. The molecule has 8 heavy (non-hydrogen) atoms. The van der Waals surface area contributed by atoms with Crippen molar-refractivity contribution in [3.05, 3.63) is 0 Å². The van der Waals surface area contributed by atoms with Gasteiger partial charge in [0.15, 0.2) is 0 Å². The Bertz CT molecular complexity index is 28.0. The summed E-state index contributed by atoms with van der Waals surface area (Å²) in [5.74, 6) is 0. The fraction of sp³-hybridized carbons (Fsp3) is 1.00. The topological polar surface area (TPSA) is 9.23 Å². The molecule has 52 valence electrons. The Morgan fingerprint density at radius 2 is 1.50 bits per heavy atom. The monoisotopic (exact) mass is 176 g/mol. The molecular weight excluding hydrogens is 166 g/mol. The van der Waals surface area contributed by atoms with Gasteiger partial charge in [-0.25, -0.2) is 0 Å². The molecule has 0 atom stereocenters. The average molecular weight is 177 g/mol. The van der Waals surface area contributed by atoms with Crippen molar-refractivity contribution in [2.24, 2.45) is 0 Å². The molecule has 0 spiro atoms. The largest absolute Gasteiger partial charge is 0.382 e. The molecule has 0 saturated heterocycles. The van der Waals surface area contributed by atoms with Crippen LogP contribution < -0.4 is 0 Å². The fourth-order valence-electron chi connectivity index (χ4n) is 0.204. The highest BCUT2D eigenvalue weighted by Crippen LogP contribution is 2.19. The molecule has 0 radical (unpaired) electrons. The van der Waals surface area contributed by atoms with Crippen molar-refractivity contribution in [3.8, 4) is 0 Å². The predicted molar refractivity (Wildman–Crippen MR) is 42.2 cm³/mol. The maximum atomic E-state index is 4.83. The smallest absolute Gasteiger partial charge is 0.0713 e. The summed E-state index contributed by atoms with van der Waals surface area (Å²) < 4.78 is 4.83. The van der Waals surface area contributed by atoms with E-state index in [2.05, 4.69) is 0 Å². The zero-order valence-corrected chi connectivity index (χ0v) is 7.59. The molecular formula is C4H11Cl2OP. The average Bonchev–Trinajstić information content (AvgIpc) is 1.71. The Morgan fingerprint density at radius 3 is 1.50 bits per heavy atom. The van der Waals surface area contributed by atoms with Crippen molar-refractivity contribution in [2.45, 2.75) is 13.8 Å². The summed E-state index contributed by atoms with van der Waals surface area (Å²) in [4.78, 5) is 0. The Balaban J connectivity index is 0. The third-order valence-electron chi connectivity index (χ3n) is 0.408. The van der Waals surface area contributed by atoms with E-state index >= 15 is 0 Å². The standard InChI is InChI=1S/C4H10O.Cl2HP/c1-3-5-4-2;1-3-2/h3-4H2,1-2H3;3H. The van der Waals surface area contributed by atoms with E-state index in [0.717, 1.165) is 13.2 Å². The summed E-state index contributed by atoms with van der Waals surface area (Å²) >= 11 is 9.58. The van der Waals surface area contributed by atoms with Gasteiger partial charge >= 0.3 is 0 Å². The first-order chi connectivity index (χ1) is 3.83. The van der Waals surface area contributed by atoms with Gasteiger partial charge in [-0.1, -0.05) is 22.5 Å². The van der Waals surface area contributed by atoms with Crippen molar-refractivity contribution in [3.63, 3.8) is 0 Å². The van der Waals surface area contributed by atoms with Crippen LogP contribution in [0.4, 0.5) is 0 Å². The van der Waals surface area contributed by atoms with E-state index in [0.29, 0.717) is 0 Å². The van der Waals surface area contributed by atoms with Crippen LogP contribution in [0, 0.1) is 0 Å². The molecule has 0 rings (SSSR count). The molecule has 0 unspecified atom stereocenters. The number of rotatable bonds is 2. The Kier molecular flexibility index (Phi) is 23.0. The quantitative estimate of drug-likeness (QED) is 0.589. The van der Waals surface area contributed by atoms with Crippen LogP contribution in [0.25, 0.3) is 0 Å². The maximum absolute atomic E-state index is 4.83. The minimum Gasteiger partial charge on any atom is -0.382 e. The van der Waals surface area contributed by atoms with Crippen molar-refractivity contribution in [1.29, 1.82) is 0 Å². The van der Waals surface area contributed by atoms with Crippen LogP contribution in [0.2, 0.25) is 0 Å². The van der Waals surface area contributed by atoms with Gasteiger partial charge < -0.3 is 4.74 Å². The van der Waals surface area contributed by atoms with Gasteiger partial charge in [0.25, 0.3) is 0 Å². The van der Waals surface area contributed by atoms with E-state index < -0.39 is 0 Å². The van der Waals surface area contributed by atoms with Gasteiger partial charge in [0, 0.05) is 13.2 Å². The molecule has 0 N–H and O–H groups in total. The van der Waals surface area contributed by atoms with E-state index in [1.54, 1.807) is 0 Å². The first kappa shape index (κ1) is 11.7. The Hall–Kier alpha value is 0.970. The Morgan fingerprint density at radius 1 is 1.25 bits per heavy atom. The van der Waals surface area contributed by atoms with Crippen molar-refractivity contribution in [2.75, 3.05) is 13.2 Å². The van der Waals surface area contributed by atoms with Crippen LogP contribution in [-0.2, 0) is 4.74 Å². The lowest BCUT2D eigenvalue weighted by Crippen LogP contribution is -1.84. The molecule has 0 aromatic carbocycles. The highest BCUT2D eigenvalue weighted by Gasteiger charge is 1.64. The molecule has 4 heteroatoms. The zero-order chi connectivity index (χ0) is 6.83. The fourth-order valence-corrected chi connectivity index (χ4v) is 0.204. The highest BCUT2D eigenvalue weighted by atomic mass is 35.9. The van der Waals surface area contributed by atoms with E-state index in [1.807, 2.05) is 13.8 Å². The molecule has 1 nitrogen and oxygen atoms in total. The van der Waals surface area contributed by atoms with Crippen LogP contribution in [0.15, 0.2) is 0 Å². The molecule has 0 heterocycles. The normalized spacial score (nSPS) is 7.50. The van der Waals surface area contributed by atoms with E-state index in [4.69, 9.17) is 27.2 Å². The van der Waals surface area contributed by atoms with E-state index in [9.17, 15) is 0 Å². The van der Waals surface area contributed by atoms with Crippen molar-refractivity contribution in [1.82, 2.24) is 0 Å². The lowest BCUT2D eigenvalue weighted by Gasteiger charge is -1.86. The van der Waals surface area contributed by atoms with Gasteiger partial charge in [-0.05, 0) is 13.8 Å². The number of ether oxygens (including phenoxy) is 1. The zero-order valence-electron chi connectivity index (χ0n) is 5.08. The number of halogens is 2. The summed E-state index contributed by atoms with van der Waals surface area (Å²) in [6, 6.07) is 0. The minimum atomic E-state index is 0.0278. The second kappa shape index (κ2) is 15.7. The SMILES string of the molecule is CCOCC.ClPCl. The van der Waals surface area contributed by atoms with Gasteiger partial charge in [0.2, 0.25) is 0 Å². The highest BCUT2D eigenvalue weighted by molar-refractivity contribution is 7.90. The van der Waals surface area contributed by atoms with Gasteiger partial charge in [-0.15, -0.1) is 0 Å².